The molecule has 132 valence electrons. The topological polar surface area (TPSA) is 64.6 Å². The molecule has 0 aromatic heterocycles. The molecule has 1 amide bonds. The molecule has 0 saturated carbocycles. The van der Waals surface area contributed by atoms with Crippen molar-refractivity contribution in [1.29, 1.82) is 0 Å². The first-order valence-electron chi connectivity index (χ1n) is 7.72. The Bertz CT molecular complexity index is 578. The second-order valence-electron chi connectivity index (χ2n) is 6.19. The van der Waals surface area contributed by atoms with E-state index in [0.717, 1.165) is 5.56 Å². The maximum absolute atomic E-state index is 12.3. The zero-order valence-electron chi connectivity index (χ0n) is 14.5. The van der Waals surface area contributed by atoms with Gasteiger partial charge in [-0.15, -0.1) is 6.58 Å². The summed E-state index contributed by atoms with van der Waals surface area (Å²) in [6.45, 7) is 10.9. The molecule has 5 nitrogen and oxygen atoms in total. The number of esters is 1. The van der Waals surface area contributed by atoms with E-state index < -0.39 is 29.6 Å². The summed E-state index contributed by atoms with van der Waals surface area (Å²) in [5.74, 6) is -1.03. The fraction of sp³-hybridized carbons (Fsp3) is 0.444. The van der Waals surface area contributed by atoms with E-state index in [4.69, 9.17) is 21.1 Å². The zero-order valence-corrected chi connectivity index (χ0v) is 15.2. The van der Waals surface area contributed by atoms with Gasteiger partial charge in [-0.2, -0.15) is 0 Å². The molecule has 0 unspecified atom stereocenters. The van der Waals surface area contributed by atoms with Gasteiger partial charge in [-0.25, -0.2) is 9.59 Å². The van der Waals surface area contributed by atoms with Crippen LogP contribution in [0.25, 0.3) is 0 Å². The highest BCUT2D eigenvalue weighted by molar-refractivity contribution is 6.30. The number of hydrogen-bond acceptors (Lipinski definition) is 4. The maximum atomic E-state index is 12.3. The summed E-state index contributed by atoms with van der Waals surface area (Å²) in [4.78, 5) is 24.4. The Morgan fingerprint density at radius 3 is 2.33 bits per heavy atom. The molecule has 0 aliphatic heterocycles. The van der Waals surface area contributed by atoms with Crippen LogP contribution in [0.3, 0.4) is 0 Å². The number of hydrogen-bond donors (Lipinski definition) is 1. The lowest BCUT2D eigenvalue weighted by atomic mass is 9.91. The van der Waals surface area contributed by atoms with Crippen LogP contribution in [0.4, 0.5) is 4.79 Å². The average molecular weight is 354 g/mol. The van der Waals surface area contributed by atoms with Gasteiger partial charge in [0.1, 0.15) is 11.6 Å². The van der Waals surface area contributed by atoms with Crippen LogP contribution in [0.15, 0.2) is 36.9 Å². The Labute approximate surface area is 148 Å². The fourth-order valence-corrected chi connectivity index (χ4v) is 2.24. The number of amides is 1. The molecule has 0 spiro atoms. The summed E-state index contributed by atoms with van der Waals surface area (Å²) >= 11 is 5.90. The number of carbonyl (C=O) groups is 2. The second-order valence-corrected chi connectivity index (χ2v) is 6.63. The van der Waals surface area contributed by atoms with E-state index in [1.807, 2.05) is 0 Å². The lowest BCUT2D eigenvalue weighted by molar-refractivity contribution is -0.146. The highest BCUT2D eigenvalue weighted by Gasteiger charge is 2.32. The first-order chi connectivity index (χ1) is 11.2. The van der Waals surface area contributed by atoms with Crippen LogP contribution in [-0.4, -0.2) is 30.3 Å². The van der Waals surface area contributed by atoms with E-state index in [9.17, 15) is 9.59 Å². The Morgan fingerprint density at radius 2 is 1.88 bits per heavy atom. The number of rotatable bonds is 6. The van der Waals surface area contributed by atoms with Gasteiger partial charge in [0.2, 0.25) is 0 Å². The highest BCUT2D eigenvalue weighted by Crippen LogP contribution is 2.24. The van der Waals surface area contributed by atoms with Gasteiger partial charge in [0, 0.05) is 10.9 Å². The molecule has 24 heavy (non-hydrogen) atoms. The zero-order chi connectivity index (χ0) is 18.3. The minimum absolute atomic E-state index is 0.204. The van der Waals surface area contributed by atoms with Gasteiger partial charge in [-0.1, -0.05) is 29.8 Å². The lowest BCUT2D eigenvalue weighted by Gasteiger charge is -2.26. The molecule has 1 aromatic rings. The summed E-state index contributed by atoms with van der Waals surface area (Å²) in [6, 6.07) is 6.03. The molecule has 1 N–H and O–H groups in total. The number of carbonyl (C=O) groups excluding carboxylic acids is 2. The van der Waals surface area contributed by atoms with Crippen LogP contribution in [0.2, 0.25) is 5.02 Å². The van der Waals surface area contributed by atoms with Crippen LogP contribution in [0.5, 0.6) is 0 Å². The number of benzene rings is 1. The maximum Gasteiger partial charge on any atom is 0.408 e. The minimum Gasteiger partial charge on any atom is -0.464 e. The Hall–Kier alpha value is -2.01. The van der Waals surface area contributed by atoms with E-state index in [1.165, 1.54) is 0 Å². The average Bonchev–Trinajstić information content (AvgIpc) is 2.47. The van der Waals surface area contributed by atoms with Gasteiger partial charge >= 0.3 is 12.1 Å². The van der Waals surface area contributed by atoms with Crippen molar-refractivity contribution in [1.82, 2.24) is 5.32 Å². The molecule has 1 aromatic carbocycles. The molecule has 2 atom stereocenters. The molecule has 0 aliphatic rings. The number of nitrogens with one attached hydrogen (secondary N) is 1. The predicted octanol–water partition coefficient (Wildman–Crippen LogP) is 4.07. The van der Waals surface area contributed by atoms with Crippen molar-refractivity contribution in [2.24, 2.45) is 0 Å². The fourth-order valence-electron chi connectivity index (χ4n) is 2.11. The molecule has 0 saturated heterocycles. The van der Waals surface area contributed by atoms with Crippen molar-refractivity contribution in [3.05, 3.63) is 47.5 Å². The van der Waals surface area contributed by atoms with Gasteiger partial charge in [0.15, 0.2) is 0 Å². The monoisotopic (exact) mass is 353 g/mol. The molecular weight excluding hydrogens is 330 g/mol. The molecule has 0 bridgehead atoms. The summed E-state index contributed by atoms with van der Waals surface area (Å²) in [5.41, 5.74) is 0.108. The van der Waals surface area contributed by atoms with Crippen molar-refractivity contribution < 1.29 is 19.1 Å². The molecule has 0 radical (unpaired) electrons. The van der Waals surface area contributed by atoms with Gasteiger partial charge in [0.25, 0.3) is 0 Å². The summed E-state index contributed by atoms with van der Waals surface area (Å²) < 4.78 is 10.3. The third-order valence-corrected chi connectivity index (χ3v) is 3.33. The third kappa shape index (κ3) is 6.24. The van der Waals surface area contributed by atoms with E-state index in [1.54, 1.807) is 58.0 Å². The normalized spacial score (nSPS) is 13.5. The minimum atomic E-state index is -0.946. The van der Waals surface area contributed by atoms with Crippen LogP contribution in [-0.2, 0) is 14.3 Å². The first-order valence-corrected chi connectivity index (χ1v) is 8.10. The predicted molar refractivity (Wildman–Crippen MR) is 94.2 cm³/mol. The van der Waals surface area contributed by atoms with E-state index in [0.29, 0.717) is 5.02 Å². The summed E-state index contributed by atoms with van der Waals surface area (Å²) in [6.07, 6.45) is 0.892. The molecule has 1 rings (SSSR count). The SMILES string of the molecule is C=C[C@H](c1ccc(Cl)cc1)[C@@H](NC(=O)OC(C)(C)C)C(=O)OCC. The number of alkyl carbamates (subject to hydrolysis) is 1. The quantitative estimate of drug-likeness (QED) is 0.618. The standard InChI is InChI=1S/C18H24ClNO4/c1-6-14(12-8-10-13(19)11-9-12)15(16(21)23-7-2)20-17(22)24-18(3,4)5/h6,8-11,14-15H,1,7H2,2-5H3,(H,20,22)/t14-,15-/m1/s1. The largest absolute Gasteiger partial charge is 0.464 e. The molecule has 0 aliphatic carbocycles. The van der Waals surface area contributed by atoms with Crippen LogP contribution in [0, 0.1) is 0 Å². The molecular formula is C18H24ClNO4. The van der Waals surface area contributed by atoms with Crippen molar-refractivity contribution in [3.63, 3.8) is 0 Å². The van der Waals surface area contributed by atoms with Gasteiger partial charge < -0.3 is 14.8 Å². The first kappa shape index (κ1) is 20.0. The number of ether oxygens (including phenoxy) is 2. The van der Waals surface area contributed by atoms with Crippen molar-refractivity contribution in [3.8, 4) is 0 Å². The highest BCUT2D eigenvalue weighted by atomic mass is 35.5. The van der Waals surface area contributed by atoms with Crippen molar-refractivity contribution >= 4 is 23.7 Å². The second kappa shape index (κ2) is 8.73. The van der Waals surface area contributed by atoms with Crippen LogP contribution < -0.4 is 5.32 Å². The summed E-state index contributed by atoms with van der Waals surface area (Å²) in [5, 5.41) is 3.16. The van der Waals surface area contributed by atoms with Crippen molar-refractivity contribution in [2.75, 3.05) is 6.61 Å². The van der Waals surface area contributed by atoms with Gasteiger partial charge in [0.05, 0.1) is 6.61 Å². The molecule has 0 fully saturated rings. The lowest BCUT2D eigenvalue weighted by Crippen LogP contribution is -2.47. The van der Waals surface area contributed by atoms with Crippen LogP contribution >= 0.6 is 11.6 Å². The van der Waals surface area contributed by atoms with Gasteiger partial charge in [-0.05, 0) is 45.4 Å². The Kier molecular flexibility index (Phi) is 7.29. The summed E-state index contributed by atoms with van der Waals surface area (Å²) in [7, 11) is 0. The number of halogens is 1. The van der Waals surface area contributed by atoms with E-state index >= 15 is 0 Å². The molecule has 0 heterocycles. The Morgan fingerprint density at radius 1 is 1.29 bits per heavy atom. The Balaban J connectivity index is 3.06. The molecule has 6 heteroatoms. The third-order valence-electron chi connectivity index (χ3n) is 3.08. The van der Waals surface area contributed by atoms with Crippen molar-refractivity contribution in [2.45, 2.75) is 45.3 Å². The van der Waals surface area contributed by atoms with E-state index in [-0.39, 0.29) is 6.61 Å². The van der Waals surface area contributed by atoms with Gasteiger partial charge in [-0.3, -0.25) is 0 Å². The van der Waals surface area contributed by atoms with E-state index in [2.05, 4.69) is 11.9 Å². The van der Waals surface area contributed by atoms with Crippen LogP contribution in [0.1, 0.15) is 39.2 Å². The smallest absolute Gasteiger partial charge is 0.408 e.